The molecule has 5 aromatic rings. The SMILES string of the molecule is CCOP(=O)(CCCNCCOC12CC3(C)CC(C)(CC(Cn4ncc(-c5ccc(N6CCc7cccc(C(=O)Nc8nc9ccccc9s8)c7C6)nc5C(=O)OC(C)(C)C)c4C)(C3)C1)C2)OCC. The van der Waals surface area contributed by atoms with Crippen LogP contribution in [0.1, 0.15) is 131 Å². The zero-order chi connectivity index (χ0) is 48.8. The van der Waals surface area contributed by atoms with Gasteiger partial charge in [0, 0.05) is 48.6 Å². The Morgan fingerprint density at radius 3 is 2.36 bits per heavy atom. The van der Waals surface area contributed by atoms with Gasteiger partial charge in [-0.2, -0.15) is 5.10 Å². The number of para-hydroxylation sites is 1. The number of amides is 1. The minimum absolute atomic E-state index is 0.00421. The number of anilines is 2. The highest BCUT2D eigenvalue weighted by Gasteiger charge is 2.66. The third-order valence-corrected chi connectivity index (χ3v) is 17.6. The molecule has 0 saturated heterocycles. The fourth-order valence-electron chi connectivity index (χ4n) is 13.2. The monoisotopic (exact) mass is 979 g/mol. The highest BCUT2D eigenvalue weighted by molar-refractivity contribution is 7.53. The summed E-state index contributed by atoms with van der Waals surface area (Å²) in [6, 6.07) is 17.7. The maximum absolute atomic E-state index is 14.2. The number of carbonyl (C=O) groups is 2. The minimum atomic E-state index is -3.05. The van der Waals surface area contributed by atoms with Crippen molar-refractivity contribution in [3.63, 3.8) is 0 Å². The average Bonchev–Trinajstić information content (AvgIpc) is 3.85. The number of ether oxygens (including phenoxy) is 2. The van der Waals surface area contributed by atoms with Crippen LogP contribution in [0, 0.1) is 23.2 Å². The summed E-state index contributed by atoms with van der Waals surface area (Å²) < 4.78 is 40.0. The Labute approximate surface area is 411 Å². The number of thiazole rings is 1. The summed E-state index contributed by atoms with van der Waals surface area (Å²) in [5.74, 6) is -0.0590. The molecule has 1 aliphatic heterocycles. The van der Waals surface area contributed by atoms with Gasteiger partial charge >= 0.3 is 13.6 Å². The molecule has 370 valence electrons. The van der Waals surface area contributed by atoms with E-state index < -0.39 is 19.2 Å². The molecule has 3 aromatic heterocycles. The van der Waals surface area contributed by atoms with Crippen molar-refractivity contribution in [3.05, 3.63) is 88.9 Å². The third-order valence-electron chi connectivity index (χ3n) is 14.5. The molecule has 0 spiro atoms. The first-order valence-electron chi connectivity index (χ1n) is 24.9. The van der Waals surface area contributed by atoms with E-state index in [4.69, 9.17) is 28.6 Å². The lowest BCUT2D eigenvalue weighted by atomic mass is 9.39. The molecule has 16 heteroatoms. The lowest BCUT2D eigenvalue weighted by molar-refractivity contribution is -0.247. The van der Waals surface area contributed by atoms with Crippen LogP contribution in [0.4, 0.5) is 10.9 Å². The molecule has 10 rings (SSSR count). The molecule has 69 heavy (non-hydrogen) atoms. The molecule has 1 amide bonds. The molecule has 4 aliphatic carbocycles. The summed E-state index contributed by atoms with van der Waals surface area (Å²) in [6.45, 7) is 21.0. The molecule has 4 heterocycles. The first kappa shape index (κ1) is 49.5. The van der Waals surface area contributed by atoms with Crippen LogP contribution in [-0.4, -0.2) is 88.4 Å². The van der Waals surface area contributed by atoms with E-state index in [2.05, 4.69) is 52.0 Å². The number of benzene rings is 2. The first-order chi connectivity index (χ1) is 32.8. The normalized spacial score (nSPS) is 24.2. The Kier molecular flexibility index (Phi) is 13.8. The highest BCUT2D eigenvalue weighted by Crippen LogP contribution is 2.72. The summed E-state index contributed by atoms with van der Waals surface area (Å²) in [5, 5.41) is 12.2. The van der Waals surface area contributed by atoms with E-state index in [-0.39, 0.29) is 33.4 Å². The maximum atomic E-state index is 14.2. The van der Waals surface area contributed by atoms with E-state index in [1.807, 2.05) is 89.3 Å². The van der Waals surface area contributed by atoms with Crippen molar-refractivity contribution in [2.24, 2.45) is 16.2 Å². The first-order valence-corrected chi connectivity index (χ1v) is 27.4. The van der Waals surface area contributed by atoms with Crippen molar-refractivity contribution >= 4 is 52.0 Å². The number of aromatic nitrogens is 4. The van der Waals surface area contributed by atoms with Crippen molar-refractivity contribution in [3.8, 4) is 11.1 Å². The van der Waals surface area contributed by atoms with Crippen LogP contribution in [0.5, 0.6) is 0 Å². The van der Waals surface area contributed by atoms with Crippen molar-refractivity contribution < 1.29 is 32.7 Å². The molecule has 4 saturated carbocycles. The molecule has 4 bridgehead atoms. The topological polar surface area (TPSA) is 159 Å². The van der Waals surface area contributed by atoms with Crippen LogP contribution in [0.15, 0.2) is 60.8 Å². The van der Waals surface area contributed by atoms with Gasteiger partial charge in [-0.15, -0.1) is 0 Å². The van der Waals surface area contributed by atoms with E-state index in [1.54, 1.807) is 0 Å². The zero-order valence-corrected chi connectivity index (χ0v) is 43.5. The number of hydrogen-bond donors (Lipinski definition) is 2. The lowest BCUT2D eigenvalue weighted by Gasteiger charge is -2.69. The number of fused-ring (bicyclic) bond motifs is 2. The van der Waals surface area contributed by atoms with E-state index in [0.29, 0.717) is 74.0 Å². The lowest BCUT2D eigenvalue weighted by Crippen LogP contribution is -2.64. The molecular weight excluding hydrogens is 910 g/mol. The van der Waals surface area contributed by atoms with Crippen molar-refractivity contribution in [2.75, 3.05) is 55.8 Å². The standard InChI is InChI=1S/C53H70N7O7PS/c1-9-65-68(63,66-10-2)26-14-22-54-23-25-64-53-32-50(7)29-51(8,33-53)31-52(30-50,34-53)35-60-36(3)40(27-55-60)38-19-20-44(57-45(38)47(62)67-49(4,5)6)59-24-21-37-15-13-16-39(41(37)28-59)46(61)58-48-56-42-17-11-12-18-43(42)69-48/h11-13,15-20,27,54H,9-10,14,21-26,28-35H2,1-8H3,(H,56,58,61). The predicted molar refractivity (Wildman–Crippen MR) is 272 cm³/mol. The Hall–Kier alpha value is -4.50. The highest BCUT2D eigenvalue weighted by atomic mass is 32.1. The van der Waals surface area contributed by atoms with Crippen molar-refractivity contribution in [1.82, 2.24) is 25.1 Å². The number of hydrogen-bond acceptors (Lipinski definition) is 13. The maximum Gasteiger partial charge on any atom is 0.358 e. The van der Waals surface area contributed by atoms with Gasteiger partial charge < -0.3 is 28.7 Å². The predicted octanol–water partition coefficient (Wildman–Crippen LogP) is 11.0. The molecular formula is C53H70N7O7PS. The zero-order valence-electron chi connectivity index (χ0n) is 41.7. The van der Waals surface area contributed by atoms with Crippen LogP contribution < -0.4 is 15.5 Å². The summed E-state index contributed by atoms with van der Waals surface area (Å²) in [5.41, 5.74) is 5.64. The summed E-state index contributed by atoms with van der Waals surface area (Å²) in [7, 11) is -3.05. The fourth-order valence-corrected chi connectivity index (χ4v) is 15.7. The number of esters is 1. The van der Waals surface area contributed by atoms with Crippen molar-refractivity contribution in [2.45, 2.75) is 131 Å². The molecule has 5 aliphatic rings. The Balaban J connectivity index is 0.920. The number of rotatable bonds is 19. The van der Waals surface area contributed by atoms with E-state index in [1.165, 1.54) is 17.8 Å². The second-order valence-electron chi connectivity index (χ2n) is 21.9. The van der Waals surface area contributed by atoms with Gasteiger partial charge in [-0.05, 0) is 157 Å². The second kappa shape index (κ2) is 19.3. The number of nitrogens with zero attached hydrogens (tertiary/aromatic N) is 5. The Morgan fingerprint density at radius 1 is 0.884 bits per heavy atom. The van der Waals surface area contributed by atoms with Crippen LogP contribution in [0.25, 0.3) is 21.3 Å². The third kappa shape index (κ3) is 10.7. The van der Waals surface area contributed by atoms with Gasteiger partial charge in [-0.1, -0.05) is 49.4 Å². The quantitative estimate of drug-likeness (QED) is 0.0459. The van der Waals surface area contributed by atoms with Crippen LogP contribution in [-0.2, 0) is 42.6 Å². The van der Waals surface area contributed by atoms with Crippen LogP contribution >= 0.6 is 18.9 Å². The van der Waals surface area contributed by atoms with Gasteiger partial charge in [-0.3, -0.25) is 19.4 Å². The fraction of sp³-hybridized carbons (Fsp3) is 0.566. The molecule has 2 N–H and O–H groups in total. The van der Waals surface area contributed by atoms with Gasteiger partial charge in [0.25, 0.3) is 5.91 Å². The van der Waals surface area contributed by atoms with Gasteiger partial charge in [0.05, 0.1) is 48.0 Å². The largest absolute Gasteiger partial charge is 0.455 e. The molecule has 14 nitrogen and oxygen atoms in total. The second-order valence-corrected chi connectivity index (χ2v) is 25.1. The summed E-state index contributed by atoms with van der Waals surface area (Å²) in [6.07, 6.45) is 10.3. The summed E-state index contributed by atoms with van der Waals surface area (Å²) in [4.78, 5) is 39.9. The van der Waals surface area contributed by atoms with Gasteiger partial charge in [0.15, 0.2) is 10.8 Å². The molecule has 4 fully saturated rings. The van der Waals surface area contributed by atoms with E-state index >= 15 is 0 Å². The van der Waals surface area contributed by atoms with E-state index in [0.717, 1.165) is 84.3 Å². The van der Waals surface area contributed by atoms with E-state index in [9.17, 15) is 14.2 Å². The molecule has 2 atom stereocenters. The van der Waals surface area contributed by atoms with Crippen molar-refractivity contribution in [1.29, 1.82) is 0 Å². The molecule has 0 radical (unpaired) electrons. The van der Waals surface area contributed by atoms with Crippen LogP contribution in [0.2, 0.25) is 0 Å². The smallest absolute Gasteiger partial charge is 0.358 e. The molecule has 2 aromatic carbocycles. The van der Waals surface area contributed by atoms with Crippen LogP contribution in [0.3, 0.4) is 0 Å². The number of nitrogens with one attached hydrogen (secondary N) is 2. The minimum Gasteiger partial charge on any atom is -0.455 e. The number of pyridine rings is 1. The van der Waals surface area contributed by atoms with Gasteiger partial charge in [0.1, 0.15) is 11.4 Å². The average molecular weight is 980 g/mol. The Bertz CT molecular complexity index is 2700. The van der Waals surface area contributed by atoms with Gasteiger partial charge in [0.2, 0.25) is 0 Å². The summed E-state index contributed by atoms with van der Waals surface area (Å²) >= 11 is 1.45. The van der Waals surface area contributed by atoms with Gasteiger partial charge in [-0.25, -0.2) is 14.8 Å². The molecule has 2 unspecified atom stereocenters. The Morgan fingerprint density at radius 2 is 1.64 bits per heavy atom. The number of carbonyl (C=O) groups excluding carboxylic acids is 2.